The van der Waals surface area contributed by atoms with Crippen LogP contribution < -0.4 is 0 Å². The van der Waals surface area contributed by atoms with E-state index in [9.17, 15) is 0 Å². The summed E-state index contributed by atoms with van der Waals surface area (Å²) in [7, 11) is 4.44. The van der Waals surface area contributed by atoms with Crippen LogP contribution in [0.3, 0.4) is 0 Å². The summed E-state index contributed by atoms with van der Waals surface area (Å²) in [6.45, 7) is 2.88. The van der Waals surface area contributed by atoms with Gasteiger partial charge in [0.2, 0.25) is 0 Å². The van der Waals surface area contributed by atoms with Crippen molar-refractivity contribution in [2.45, 2.75) is 6.82 Å². The van der Waals surface area contributed by atoms with E-state index in [0.717, 1.165) is 12.7 Å². The normalized spacial score (nSPS) is 9.00. The Morgan fingerprint density at radius 2 is 2.50 bits per heavy atom. The molecule has 0 spiro atoms. The summed E-state index contributed by atoms with van der Waals surface area (Å²) in [6, 6.07) is 0. The van der Waals surface area contributed by atoms with Crippen molar-refractivity contribution >= 4 is 16.3 Å². The molecule has 0 aromatic carbocycles. The monoisotopic (exact) mass is 101 g/mol. The van der Waals surface area contributed by atoms with Gasteiger partial charge in [-0.05, 0) is 0 Å². The third kappa shape index (κ3) is 4.29. The van der Waals surface area contributed by atoms with Gasteiger partial charge in [-0.1, -0.05) is 0 Å². The molecule has 0 aromatic heterocycles. The molecule has 0 amide bonds. The zero-order valence-electron chi connectivity index (χ0n) is 4.02. The molecule has 34 valence electrons. The van der Waals surface area contributed by atoms with Crippen LogP contribution in [0, 0.1) is 0 Å². The van der Waals surface area contributed by atoms with Gasteiger partial charge in [-0.2, -0.15) is 0 Å². The van der Waals surface area contributed by atoms with Crippen LogP contribution in [0.1, 0.15) is 0 Å². The first kappa shape index (κ1) is 6.29. The zero-order valence-corrected chi connectivity index (χ0v) is 5.17. The van der Waals surface area contributed by atoms with E-state index in [2.05, 4.69) is 14.1 Å². The number of hydrogen-bond acceptors (Lipinski definition) is 1. The summed E-state index contributed by atoms with van der Waals surface area (Å²) in [5.74, 6) is 0. The topological polar surface area (TPSA) is 12.4 Å². The van der Waals surface area contributed by atoms with Crippen molar-refractivity contribution < 1.29 is 0 Å². The van der Waals surface area contributed by atoms with E-state index in [1.165, 1.54) is 0 Å². The fourth-order valence-corrected chi connectivity index (χ4v) is 0.353. The van der Waals surface area contributed by atoms with Crippen molar-refractivity contribution in [3.05, 3.63) is 0 Å². The molecular formula is C3H9BNP. The molecule has 0 aliphatic rings. The van der Waals surface area contributed by atoms with Gasteiger partial charge >= 0.3 is 40.7 Å². The van der Waals surface area contributed by atoms with Crippen molar-refractivity contribution in [3.8, 4) is 0 Å². The fourth-order valence-electron chi connectivity index (χ4n) is 0.204. The average molecular weight is 101 g/mol. The third-order valence-electron chi connectivity index (χ3n) is 0.441. The number of nitrogens with zero attached hydrogens (tertiary/aromatic N) is 1. The van der Waals surface area contributed by atoms with Gasteiger partial charge < -0.3 is 0 Å². The van der Waals surface area contributed by atoms with Crippen LogP contribution >= 0.6 is 9.24 Å². The summed E-state index contributed by atoms with van der Waals surface area (Å²) in [5, 5.41) is 0. The van der Waals surface area contributed by atoms with Gasteiger partial charge in [0.1, 0.15) is 0 Å². The van der Waals surface area contributed by atoms with Crippen LogP contribution in [0.5, 0.6) is 0 Å². The van der Waals surface area contributed by atoms with Gasteiger partial charge in [-0.15, -0.1) is 0 Å². The Labute approximate surface area is 41.7 Å². The molecule has 1 atom stereocenters. The molecular weight excluding hydrogens is 91.8 g/mol. The second-order valence-electron chi connectivity index (χ2n) is 0.953. The molecule has 1 unspecified atom stereocenters. The predicted octanol–water partition coefficient (Wildman–Crippen LogP) is 0.797. The molecule has 0 heterocycles. The van der Waals surface area contributed by atoms with E-state index in [-0.39, 0.29) is 0 Å². The molecule has 0 saturated carbocycles. The molecule has 0 aromatic rings. The third-order valence-corrected chi connectivity index (χ3v) is 0.699. The van der Waals surface area contributed by atoms with Crippen LogP contribution in [0.4, 0.5) is 0 Å². The summed E-state index contributed by atoms with van der Waals surface area (Å²) < 4.78 is 0. The number of hydrogen-bond donors (Lipinski definition) is 0. The van der Waals surface area contributed by atoms with Gasteiger partial charge in [-0.25, -0.2) is 0 Å². The van der Waals surface area contributed by atoms with Gasteiger partial charge in [-0.3, -0.25) is 0 Å². The second-order valence-corrected chi connectivity index (χ2v) is 1.53. The second kappa shape index (κ2) is 5.29. The minimum absolute atomic E-state index is 0.946. The Hall–Kier alpha value is 0.295. The average Bonchev–Trinajstić information content (AvgIpc) is 1.61. The van der Waals surface area contributed by atoms with Crippen LogP contribution in [0.25, 0.3) is 0 Å². The molecule has 0 rings (SSSR count). The first-order valence-corrected chi connectivity index (χ1v) is 2.88. The van der Waals surface area contributed by atoms with E-state index in [0.29, 0.717) is 0 Å². The Bertz CT molecular complexity index is 46.1. The molecule has 6 heavy (non-hydrogen) atoms. The molecule has 0 radical (unpaired) electrons. The van der Waals surface area contributed by atoms with Gasteiger partial charge in [0.15, 0.2) is 0 Å². The van der Waals surface area contributed by atoms with E-state index < -0.39 is 0 Å². The summed E-state index contributed by atoms with van der Waals surface area (Å²) in [6.07, 6.45) is 1.07. The Balaban J connectivity index is 2.66. The Morgan fingerprint density at radius 1 is 1.83 bits per heavy atom. The molecule has 0 N–H and O–H groups in total. The minimum atomic E-state index is 0.946. The number of rotatable bonds is 2. The maximum absolute atomic E-state index is 3.94. The molecule has 3 heteroatoms. The van der Waals surface area contributed by atoms with Gasteiger partial charge in [0.25, 0.3) is 0 Å². The van der Waals surface area contributed by atoms with E-state index in [1.807, 2.05) is 13.9 Å². The maximum atomic E-state index is 3.94. The Morgan fingerprint density at radius 3 is 2.67 bits per heavy atom. The van der Waals surface area contributed by atoms with Crippen LogP contribution in [-0.2, 0) is 0 Å². The standard InChI is InChI=1S/C3H9BNP/c1-4-5-2-3-6/h2-3,6H2,1H3. The molecule has 0 bridgehead atoms. The van der Waals surface area contributed by atoms with Crippen molar-refractivity contribution in [1.82, 2.24) is 0 Å². The van der Waals surface area contributed by atoms with E-state index >= 15 is 0 Å². The van der Waals surface area contributed by atoms with Crippen LogP contribution in [-0.4, -0.2) is 19.8 Å². The predicted molar refractivity (Wildman–Crippen MR) is 33.5 cm³/mol. The van der Waals surface area contributed by atoms with Gasteiger partial charge in [0, 0.05) is 0 Å². The van der Waals surface area contributed by atoms with Crippen LogP contribution in [0.15, 0.2) is 4.90 Å². The quantitative estimate of drug-likeness (QED) is 0.360. The summed E-state index contributed by atoms with van der Waals surface area (Å²) in [4.78, 5) is 3.94. The first-order valence-electron chi connectivity index (χ1n) is 2.06. The molecule has 0 saturated heterocycles. The molecule has 1 nitrogen and oxygen atoms in total. The molecule has 0 aliphatic heterocycles. The van der Waals surface area contributed by atoms with Gasteiger partial charge in [0.05, 0.1) is 0 Å². The van der Waals surface area contributed by atoms with Crippen molar-refractivity contribution in [3.63, 3.8) is 0 Å². The van der Waals surface area contributed by atoms with Crippen molar-refractivity contribution in [2.24, 2.45) is 4.90 Å². The van der Waals surface area contributed by atoms with Crippen molar-refractivity contribution in [2.75, 3.05) is 12.7 Å². The van der Waals surface area contributed by atoms with Crippen LogP contribution in [0.2, 0.25) is 6.82 Å². The molecule has 0 aliphatic carbocycles. The Kier molecular flexibility index (Phi) is 5.56. The first-order chi connectivity index (χ1) is 2.91. The van der Waals surface area contributed by atoms with E-state index in [1.54, 1.807) is 0 Å². The van der Waals surface area contributed by atoms with Crippen molar-refractivity contribution in [1.29, 1.82) is 0 Å². The SMILES string of the molecule is CB=NCCP. The summed E-state index contributed by atoms with van der Waals surface area (Å²) >= 11 is 0. The zero-order chi connectivity index (χ0) is 4.83. The summed E-state index contributed by atoms with van der Waals surface area (Å²) in [5.41, 5.74) is 0. The van der Waals surface area contributed by atoms with E-state index in [4.69, 9.17) is 0 Å². The molecule has 0 fully saturated rings. The fraction of sp³-hybridized carbons (Fsp3) is 1.00.